The molecule has 4 aromatic carbocycles. The first kappa shape index (κ1) is 34.4. The van der Waals surface area contributed by atoms with Crippen LogP contribution in [0.2, 0.25) is 0 Å². The number of nitrogens with zero attached hydrogens (tertiary/aromatic N) is 2. The Hall–Kier alpha value is -3.95. The molecule has 1 N–H and O–H groups in total. The fourth-order valence-corrected chi connectivity index (χ4v) is 7.88. The van der Waals surface area contributed by atoms with Gasteiger partial charge in [-0.3, -0.25) is 13.9 Å². The van der Waals surface area contributed by atoms with E-state index in [0.717, 1.165) is 58.8 Å². The molecule has 7 nitrogen and oxygen atoms in total. The first-order valence-electron chi connectivity index (χ1n) is 16.2. The molecule has 0 aliphatic heterocycles. The third-order valence-electron chi connectivity index (χ3n) is 8.94. The van der Waals surface area contributed by atoms with Crippen molar-refractivity contribution in [1.29, 1.82) is 0 Å². The van der Waals surface area contributed by atoms with Crippen molar-refractivity contribution in [2.45, 2.75) is 75.9 Å². The third kappa shape index (κ3) is 8.70. The van der Waals surface area contributed by atoms with Gasteiger partial charge in [0.2, 0.25) is 11.8 Å². The monoisotopic (exact) mass is 715 g/mol. The van der Waals surface area contributed by atoms with Gasteiger partial charge in [0, 0.05) is 23.5 Å². The Morgan fingerprint density at radius 1 is 0.809 bits per heavy atom. The molecule has 5 rings (SSSR count). The Morgan fingerprint density at radius 2 is 1.45 bits per heavy atom. The summed E-state index contributed by atoms with van der Waals surface area (Å²) in [6.07, 6.45) is 5.35. The molecule has 1 atom stereocenters. The Morgan fingerprint density at radius 3 is 2.11 bits per heavy atom. The maximum absolute atomic E-state index is 14.7. The largest absolute Gasteiger partial charge is 0.352 e. The summed E-state index contributed by atoms with van der Waals surface area (Å²) >= 11 is 3.49. The van der Waals surface area contributed by atoms with Gasteiger partial charge in [0.1, 0.15) is 12.6 Å². The third-order valence-corrected chi connectivity index (χ3v) is 11.2. The summed E-state index contributed by atoms with van der Waals surface area (Å²) in [6.45, 7) is 3.44. The summed E-state index contributed by atoms with van der Waals surface area (Å²) < 4.78 is 30.6. The van der Waals surface area contributed by atoms with Crippen molar-refractivity contribution in [2.75, 3.05) is 10.8 Å². The van der Waals surface area contributed by atoms with Gasteiger partial charge in [-0.15, -0.1) is 0 Å². The molecule has 0 bridgehead atoms. The lowest BCUT2D eigenvalue weighted by atomic mass is 9.94. The number of hydrogen-bond acceptors (Lipinski definition) is 4. The Bertz CT molecular complexity index is 1760. The number of benzene rings is 4. The van der Waals surface area contributed by atoms with Crippen LogP contribution in [0.4, 0.5) is 5.69 Å². The van der Waals surface area contributed by atoms with E-state index in [9.17, 15) is 18.0 Å². The van der Waals surface area contributed by atoms with Gasteiger partial charge in [0.15, 0.2) is 0 Å². The topological polar surface area (TPSA) is 86.8 Å². The van der Waals surface area contributed by atoms with E-state index in [0.29, 0.717) is 5.69 Å². The van der Waals surface area contributed by atoms with Crippen molar-refractivity contribution in [3.63, 3.8) is 0 Å². The minimum Gasteiger partial charge on any atom is -0.352 e. The van der Waals surface area contributed by atoms with Crippen LogP contribution in [0.3, 0.4) is 0 Å². The summed E-state index contributed by atoms with van der Waals surface area (Å²) in [6, 6.07) is 30.0. The maximum atomic E-state index is 14.7. The van der Waals surface area contributed by atoms with Gasteiger partial charge in [0.25, 0.3) is 10.0 Å². The van der Waals surface area contributed by atoms with Gasteiger partial charge in [0.05, 0.1) is 10.6 Å². The second-order valence-electron chi connectivity index (χ2n) is 12.2. The quantitative estimate of drug-likeness (QED) is 0.166. The Labute approximate surface area is 287 Å². The highest BCUT2D eigenvalue weighted by Gasteiger charge is 2.36. The second-order valence-corrected chi connectivity index (χ2v) is 15.0. The lowest BCUT2D eigenvalue weighted by molar-refractivity contribution is -0.140. The molecule has 246 valence electrons. The average Bonchev–Trinajstić information content (AvgIpc) is 3.08. The van der Waals surface area contributed by atoms with Crippen LogP contribution < -0.4 is 9.62 Å². The number of carbonyl (C=O) groups excluding carboxylic acids is 2. The second kappa shape index (κ2) is 15.8. The zero-order valence-corrected chi connectivity index (χ0v) is 29.3. The van der Waals surface area contributed by atoms with Crippen LogP contribution in [0.25, 0.3) is 0 Å². The Kier molecular flexibility index (Phi) is 11.5. The summed E-state index contributed by atoms with van der Waals surface area (Å²) in [5.41, 5.74) is 3.83. The first-order valence-corrected chi connectivity index (χ1v) is 18.4. The average molecular weight is 717 g/mol. The fraction of sp³-hybridized carbons (Fsp3) is 0.316. The van der Waals surface area contributed by atoms with Gasteiger partial charge >= 0.3 is 0 Å². The number of sulfonamides is 1. The molecular formula is C38H42BrN3O4S. The Balaban J connectivity index is 1.58. The minimum atomic E-state index is -4.15. The number of carbonyl (C=O) groups is 2. The van der Waals surface area contributed by atoms with Crippen molar-refractivity contribution < 1.29 is 18.0 Å². The molecule has 1 aliphatic rings. The molecule has 47 heavy (non-hydrogen) atoms. The lowest BCUT2D eigenvalue weighted by Gasteiger charge is -2.35. The molecule has 0 saturated heterocycles. The van der Waals surface area contributed by atoms with Crippen molar-refractivity contribution in [2.24, 2.45) is 0 Å². The molecule has 1 fully saturated rings. The maximum Gasteiger partial charge on any atom is 0.264 e. The van der Waals surface area contributed by atoms with E-state index in [2.05, 4.69) is 21.2 Å². The highest BCUT2D eigenvalue weighted by molar-refractivity contribution is 9.10. The van der Waals surface area contributed by atoms with Crippen molar-refractivity contribution in [3.8, 4) is 0 Å². The molecule has 9 heteroatoms. The van der Waals surface area contributed by atoms with Gasteiger partial charge in [-0.1, -0.05) is 108 Å². The number of amides is 2. The number of halogens is 1. The van der Waals surface area contributed by atoms with E-state index < -0.39 is 28.5 Å². The van der Waals surface area contributed by atoms with E-state index in [-0.39, 0.29) is 29.8 Å². The summed E-state index contributed by atoms with van der Waals surface area (Å²) in [5, 5.41) is 3.25. The van der Waals surface area contributed by atoms with E-state index in [1.165, 1.54) is 16.4 Å². The smallest absolute Gasteiger partial charge is 0.264 e. The highest BCUT2D eigenvalue weighted by atomic mass is 79.9. The van der Waals surface area contributed by atoms with Crippen molar-refractivity contribution in [3.05, 3.63) is 130 Å². The highest BCUT2D eigenvalue weighted by Crippen LogP contribution is 2.29. The molecule has 0 aromatic heterocycles. The number of aryl methyl sites for hydroxylation is 1. The molecule has 1 saturated carbocycles. The molecule has 0 heterocycles. The molecule has 0 spiro atoms. The summed E-state index contributed by atoms with van der Waals surface area (Å²) in [4.78, 5) is 30.6. The SMILES string of the molecule is Cc1cccc(N(CC(=O)N(Cc2ccc(Br)cc2)C(Cc2ccccc2)C(=O)NC2CCCCC2)S(=O)(=O)c2ccccc2)c1C. The van der Waals surface area contributed by atoms with Crippen LogP contribution in [-0.4, -0.2) is 43.8 Å². The van der Waals surface area contributed by atoms with Gasteiger partial charge in [-0.25, -0.2) is 8.42 Å². The molecule has 1 unspecified atom stereocenters. The van der Waals surface area contributed by atoms with Crippen LogP contribution in [0, 0.1) is 13.8 Å². The molecule has 2 amide bonds. The minimum absolute atomic E-state index is 0.0454. The normalized spacial score (nSPS) is 14.3. The van der Waals surface area contributed by atoms with Crippen LogP contribution >= 0.6 is 15.9 Å². The molecule has 0 radical (unpaired) electrons. The number of rotatable bonds is 12. The van der Waals surface area contributed by atoms with Crippen LogP contribution in [0.5, 0.6) is 0 Å². The van der Waals surface area contributed by atoms with Gasteiger partial charge < -0.3 is 10.2 Å². The van der Waals surface area contributed by atoms with Crippen molar-refractivity contribution in [1.82, 2.24) is 10.2 Å². The van der Waals surface area contributed by atoms with E-state index >= 15 is 0 Å². The first-order chi connectivity index (χ1) is 22.6. The molecular weight excluding hydrogens is 674 g/mol. The summed E-state index contributed by atoms with van der Waals surface area (Å²) in [5.74, 6) is -0.691. The van der Waals surface area contributed by atoms with Crippen LogP contribution in [-0.2, 0) is 32.6 Å². The predicted octanol–water partition coefficient (Wildman–Crippen LogP) is 7.35. The molecule has 1 aliphatic carbocycles. The lowest BCUT2D eigenvalue weighted by Crippen LogP contribution is -2.55. The van der Waals surface area contributed by atoms with Crippen LogP contribution in [0.1, 0.15) is 54.4 Å². The standard InChI is InChI=1S/C38H42BrN3O4S/c1-28-13-12-20-35(29(28)2)42(47(45,46)34-18-10-5-11-19-34)27-37(43)41(26-31-21-23-32(39)24-22-31)36(25-30-14-6-3-7-15-30)38(44)40-33-16-8-4-9-17-33/h3,5-7,10-15,18-24,33,36H,4,8-9,16-17,25-27H2,1-2H3,(H,40,44). The van der Waals surface area contributed by atoms with Gasteiger partial charge in [-0.05, 0) is 79.3 Å². The predicted molar refractivity (Wildman–Crippen MR) is 191 cm³/mol. The zero-order chi connectivity index (χ0) is 33.4. The number of anilines is 1. The van der Waals surface area contributed by atoms with Crippen molar-refractivity contribution >= 4 is 43.5 Å². The van der Waals surface area contributed by atoms with E-state index in [1.807, 2.05) is 74.5 Å². The molecule has 4 aromatic rings. The van der Waals surface area contributed by atoms with E-state index in [4.69, 9.17) is 0 Å². The number of nitrogens with one attached hydrogen (secondary N) is 1. The van der Waals surface area contributed by atoms with Crippen LogP contribution in [0.15, 0.2) is 112 Å². The van der Waals surface area contributed by atoms with Gasteiger partial charge in [-0.2, -0.15) is 0 Å². The van der Waals surface area contributed by atoms with E-state index in [1.54, 1.807) is 35.2 Å². The fourth-order valence-electron chi connectivity index (χ4n) is 6.12. The summed E-state index contributed by atoms with van der Waals surface area (Å²) in [7, 11) is -4.15. The number of hydrogen-bond donors (Lipinski definition) is 1. The zero-order valence-electron chi connectivity index (χ0n) is 26.9.